The van der Waals surface area contributed by atoms with Gasteiger partial charge in [0.1, 0.15) is 11.8 Å². The molecule has 0 bridgehead atoms. The number of carboxylic acids is 1. The highest BCUT2D eigenvalue weighted by molar-refractivity contribution is 6.32. The van der Waals surface area contributed by atoms with Gasteiger partial charge >= 0.3 is 5.97 Å². The largest absolute Gasteiger partial charge is 0.484 e. The molecule has 19 heavy (non-hydrogen) atoms. The summed E-state index contributed by atoms with van der Waals surface area (Å²) in [6.07, 6.45) is 0. The van der Waals surface area contributed by atoms with Gasteiger partial charge in [-0.25, -0.2) is 0 Å². The van der Waals surface area contributed by atoms with Crippen LogP contribution in [0, 0.1) is 13.8 Å². The monoisotopic (exact) mass is 285 g/mol. The second-order valence-corrected chi connectivity index (χ2v) is 4.67. The molecule has 0 heterocycles. The van der Waals surface area contributed by atoms with Gasteiger partial charge in [-0.3, -0.25) is 9.59 Å². The van der Waals surface area contributed by atoms with Gasteiger partial charge in [-0.1, -0.05) is 11.6 Å². The molecule has 0 aromatic heterocycles. The molecule has 6 heteroatoms. The van der Waals surface area contributed by atoms with Crippen molar-refractivity contribution in [1.29, 1.82) is 0 Å². The average Bonchev–Trinajstić information content (AvgIpc) is 2.33. The van der Waals surface area contributed by atoms with Crippen molar-refractivity contribution in [1.82, 2.24) is 5.32 Å². The molecule has 0 saturated heterocycles. The van der Waals surface area contributed by atoms with Crippen LogP contribution in [-0.2, 0) is 9.59 Å². The lowest BCUT2D eigenvalue weighted by molar-refractivity contribution is -0.141. The number of aliphatic carboxylic acids is 1. The van der Waals surface area contributed by atoms with Crippen LogP contribution in [0.2, 0.25) is 5.02 Å². The van der Waals surface area contributed by atoms with E-state index in [1.165, 1.54) is 6.92 Å². The lowest BCUT2D eigenvalue weighted by Crippen LogP contribution is -2.40. The van der Waals surface area contributed by atoms with Gasteiger partial charge in [0.25, 0.3) is 5.91 Å². The number of amides is 1. The number of hydrogen-bond acceptors (Lipinski definition) is 3. The van der Waals surface area contributed by atoms with Crippen molar-refractivity contribution in [2.45, 2.75) is 26.8 Å². The molecule has 2 N–H and O–H groups in total. The Morgan fingerprint density at radius 2 is 1.89 bits per heavy atom. The molecule has 1 amide bonds. The molecule has 5 nitrogen and oxygen atoms in total. The Labute approximate surface area is 116 Å². The summed E-state index contributed by atoms with van der Waals surface area (Å²) in [6, 6.07) is 2.51. The van der Waals surface area contributed by atoms with Crippen LogP contribution in [0.25, 0.3) is 0 Å². The first kappa shape index (κ1) is 15.3. The molecular formula is C13H16ClNO4. The van der Waals surface area contributed by atoms with E-state index >= 15 is 0 Å². The average molecular weight is 286 g/mol. The third-order valence-electron chi connectivity index (χ3n) is 2.53. The summed E-state index contributed by atoms with van der Waals surface area (Å²) in [6.45, 7) is 4.83. The standard InChI is InChI=1S/C13H16ClNO4/c1-7-4-10(5-8(2)12(7)14)19-6-11(16)15-9(3)13(17)18/h4-5,9H,6H2,1-3H3,(H,15,16)(H,17,18)/t9-/m0/s1. The second-order valence-electron chi connectivity index (χ2n) is 4.29. The maximum Gasteiger partial charge on any atom is 0.325 e. The van der Waals surface area contributed by atoms with Gasteiger partial charge in [0.15, 0.2) is 6.61 Å². The number of benzene rings is 1. The highest BCUT2D eigenvalue weighted by atomic mass is 35.5. The lowest BCUT2D eigenvalue weighted by atomic mass is 10.1. The van der Waals surface area contributed by atoms with Crippen molar-refractivity contribution in [2.24, 2.45) is 0 Å². The Morgan fingerprint density at radius 1 is 1.37 bits per heavy atom. The van der Waals surface area contributed by atoms with Crippen molar-refractivity contribution in [3.63, 3.8) is 0 Å². The fourth-order valence-electron chi connectivity index (χ4n) is 1.48. The Balaban J connectivity index is 2.58. The molecule has 104 valence electrons. The van der Waals surface area contributed by atoms with Crippen molar-refractivity contribution in [3.05, 3.63) is 28.3 Å². The molecule has 0 aliphatic carbocycles. The molecule has 1 rings (SSSR count). The van der Waals surface area contributed by atoms with Gasteiger partial charge < -0.3 is 15.2 Å². The first-order valence-electron chi connectivity index (χ1n) is 5.73. The van der Waals surface area contributed by atoms with Crippen LogP contribution in [0.15, 0.2) is 12.1 Å². The molecule has 0 unspecified atom stereocenters. The van der Waals surface area contributed by atoms with Crippen LogP contribution in [-0.4, -0.2) is 29.6 Å². The SMILES string of the molecule is Cc1cc(OCC(=O)N[C@@H](C)C(=O)O)cc(C)c1Cl. The van der Waals surface area contributed by atoms with E-state index < -0.39 is 17.9 Å². The molecular weight excluding hydrogens is 270 g/mol. The summed E-state index contributed by atoms with van der Waals surface area (Å²) in [5.41, 5.74) is 1.71. The summed E-state index contributed by atoms with van der Waals surface area (Å²) in [5, 5.41) is 11.6. The summed E-state index contributed by atoms with van der Waals surface area (Å²) in [4.78, 5) is 22.0. The minimum absolute atomic E-state index is 0.238. The van der Waals surface area contributed by atoms with Crippen molar-refractivity contribution in [3.8, 4) is 5.75 Å². The zero-order valence-electron chi connectivity index (χ0n) is 11.0. The Hall–Kier alpha value is -1.75. The minimum atomic E-state index is -1.09. The smallest absolute Gasteiger partial charge is 0.325 e. The second kappa shape index (κ2) is 6.43. The molecule has 0 aliphatic heterocycles. The Kier molecular flexibility index (Phi) is 5.18. The number of halogens is 1. The summed E-state index contributed by atoms with van der Waals surface area (Å²) < 4.78 is 5.30. The van der Waals surface area contributed by atoms with E-state index in [0.717, 1.165) is 11.1 Å². The van der Waals surface area contributed by atoms with Crippen molar-refractivity contribution in [2.75, 3.05) is 6.61 Å². The van der Waals surface area contributed by atoms with Gasteiger partial charge in [-0.2, -0.15) is 0 Å². The summed E-state index contributed by atoms with van der Waals surface area (Å²) in [5.74, 6) is -1.05. The number of aryl methyl sites for hydroxylation is 2. The van der Waals surface area contributed by atoms with Crippen molar-refractivity contribution >= 4 is 23.5 Å². The third kappa shape index (κ3) is 4.44. The number of rotatable bonds is 5. The highest BCUT2D eigenvalue weighted by Gasteiger charge is 2.14. The van der Waals surface area contributed by atoms with Gasteiger partial charge in [0, 0.05) is 5.02 Å². The quantitative estimate of drug-likeness (QED) is 0.867. The van der Waals surface area contributed by atoms with Crippen LogP contribution in [0.1, 0.15) is 18.1 Å². The molecule has 0 aliphatic rings. The zero-order chi connectivity index (χ0) is 14.6. The zero-order valence-corrected chi connectivity index (χ0v) is 11.7. The predicted molar refractivity (Wildman–Crippen MR) is 71.7 cm³/mol. The van der Waals surface area contributed by atoms with E-state index in [9.17, 15) is 9.59 Å². The highest BCUT2D eigenvalue weighted by Crippen LogP contribution is 2.25. The van der Waals surface area contributed by atoms with Crippen LogP contribution in [0.5, 0.6) is 5.75 Å². The van der Waals surface area contributed by atoms with E-state index in [-0.39, 0.29) is 6.61 Å². The number of carbonyl (C=O) groups is 2. The molecule has 0 radical (unpaired) electrons. The van der Waals surface area contributed by atoms with Gasteiger partial charge in [-0.15, -0.1) is 0 Å². The van der Waals surface area contributed by atoms with Crippen LogP contribution < -0.4 is 10.1 Å². The Morgan fingerprint density at radius 3 is 2.37 bits per heavy atom. The van der Waals surface area contributed by atoms with Gasteiger partial charge in [0.2, 0.25) is 0 Å². The maximum atomic E-state index is 11.4. The van der Waals surface area contributed by atoms with Gasteiger partial charge in [0.05, 0.1) is 0 Å². The number of carboxylic acid groups (broad SMARTS) is 1. The molecule has 1 aromatic rings. The maximum absolute atomic E-state index is 11.4. The molecule has 1 atom stereocenters. The topological polar surface area (TPSA) is 75.6 Å². The fourth-order valence-corrected chi connectivity index (χ4v) is 1.59. The first-order chi connectivity index (χ1) is 8.81. The molecule has 0 saturated carbocycles. The van der Waals surface area contributed by atoms with Crippen LogP contribution >= 0.6 is 11.6 Å². The molecule has 1 aromatic carbocycles. The number of carbonyl (C=O) groups excluding carboxylic acids is 1. The first-order valence-corrected chi connectivity index (χ1v) is 6.10. The number of nitrogens with one attached hydrogen (secondary N) is 1. The van der Waals surface area contributed by atoms with E-state index in [2.05, 4.69) is 5.32 Å². The summed E-state index contributed by atoms with van der Waals surface area (Å²) >= 11 is 6.02. The summed E-state index contributed by atoms with van der Waals surface area (Å²) in [7, 11) is 0. The number of ether oxygens (including phenoxy) is 1. The predicted octanol–water partition coefficient (Wildman–Crippen LogP) is 1.92. The van der Waals surface area contributed by atoms with Crippen LogP contribution in [0.3, 0.4) is 0 Å². The molecule has 0 fully saturated rings. The van der Waals surface area contributed by atoms with E-state index in [1.807, 2.05) is 13.8 Å². The molecule has 0 spiro atoms. The van der Waals surface area contributed by atoms with E-state index in [4.69, 9.17) is 21.4 Å². The minimum Gasteiger partial charge on any atom is -0.484 e. The van der Waals surface area contributed by atoms with Gasteiger partial charge in [-0.05, 0) is 44.0 Å². The van der Waals surface area contributed by atoms with E-state index in [1.54, 1.807) is 12.1 Å². The van der Waals surface area contributed by atoms with Crippen LogP contribution in [0.4, 0.5) is 0 Å². The fraction of sp³-hybridized carbons (Fsp3) is 0.385. The third-order valence-corrected chi connectivity index (χ3v) is 3.12. The van der Waals surface area contributed by atoms with Crippen molar-refractivity contribution < 1.29 is 19.4 Å². The van der Waals surface area contributed by atoms with E-state index in [0.29, 0.717) is 10.8 Å². The Bertz CT molecular complexity index is 478. The number of hydrogen-bond donors (Lipinski definition) is 2. The normalized spacial score (nSPS) is 11.8. The lowest BCUT2D eigenvalue weighted by Gasteiger charge is -2.12.